The molecule has 1 aromatic heterocycles. The number of hydrogen-bond acceptors (Lipinski definition) is 4. The number of rotatable bonds is 1. The largest absolute Gasteiger partial charge is 0.443 e. The second-order valence-corrected chi connectivity index (χ2v) is 6.31. The minimum atomic E-state index is -0.565. The maximum atomic E-state index is 12.3. The number of carbonyl (C=O) groups is 1. The van der Waals surface area contributed by atoms with E-state index in [1.807, 2.05) is 45.0 Å². The molecule has 5 nitrogen and oxygen atoms in total. The number of aromatic nitrogens is 3. The zero-order chi connectivity index (χ0) is 14.9. The third-order valence-corrected chi connectivity index (χ3v) is 3.03. The van der Waals surface area contributed by atoms with Crippen LogP contribution in [-0.2, 0) is 4.74 Å². The summed E-state index contributed by atoms with van der Waals surface area (Å²) >= 11 is 3.38. The van der Waals surface area contributed by atoms with E-state index in [0.29, 0.717) is 11.6 Å². The Balaban J connectivity index is 2.42. The molecule has 1 heterocycles. The summed E-state index contributed by atoms with van der Waals surface area (Å²) in [5, 5.41) is 8.03. The van der Waals surface area contributed by atoms with Gasteiger partial charge in [0.25, 0.3) is 0 Å². The van der Waals surface area contributed by atoms with Gasteiger partial charge in [0.15, 0.2) is 5.82 Å². The average molecular weight is 338 g/mol. The van der Waals surface area contributed by atoms with Crippen molar-refractivity contribution in [1.82, 2.24) is 14.8 Å². The van der Waals surface area contributed by atoms with Crippen LogP contribution in [0.4, 0.5) is 4.79 Å². The van der Waals surface area contributed by atoms with Crippen LogP contribution in [0.25, 0.3) is 11.4 Å². The molecular weight excluding hydrogens is 322 g/mol. The maximum absolute atomic E-state index is 12.3. The molecule has 0 bridgehead atoms. The normalized spacial score (nSPS) is 11.4. The molecule has 2 rings (SSSR count). The highest BCUT2D eigenvalue weighted by atomic mass is 79.9. The van der Waals surface area contributed by atoms with Crippen LogP contribution in [0.5, 0.6) is 0 Å². The summed E-state index contributed by atoms with van der Waals surface area (Å²) < 4.78 is 7.73. The number of carbonyl (C=O) groups excluding carboxylic acids is 1. The molecule has 0 N–H and O–H groups in total. The van der Waals surface area contributed by atoms with Gasteiger partial charge in [0.1, 0.15) is 11.4 Å². The second kappa shape index (κ2) is 5.36. The smallest absolute Gasteiger partial charge is 0.421 e. The van der Waals surface area contributed by atoms with Crippen molar-refractivity contribution in [2.75, 3.05) is 0 Å². The summed E-state index contributed by atoms with van der Waals surface area (Å²) in [6.07, 6.45) is -0.474. The highest BCUT2D eigenvalue weighted by molar-refractivity contribution is 9.10. The lowest BCUT2D eigenvalue weighted by molar-refractivity contribution is 0.0536. The van der Waals surface area contributed by atoms with E-state index >= 15 is 0 Å². The van der Waals surface area contributed by atoms with E-state index in [-0.39, 0.29) is 0 Å². The van der Waals surface area contributed by atoms with Crippen LogP contribution < -0.4 is 0 Å². The Labute approximate surface area is 126 Å². The summed E-state index contributed by atoms with van der Waals surface area (Å²) in [5.41, 5.74) is 0.241. The highest BCUT2D eigenvalue weighted by Crippen LogP contribution is 2.22. The van der Waals surface area contributed by atoms with Crippen molar-refractivity contribution in [3.8, 4) is 11.4 Å². The number of hydrogen-bond donors (Lipinski definition) is 0. The fraction of sp³-hybridized carbons (Fsp3) is 0.357. The first-order valence-corrected chi connectivity index (χ1v) is 6.98. The van der Waals surface area contributed by atoms with Gasteiger partial charge in [-0.3, -0.25) is 0 Å². The van der Waals surface area contributed by atoms with E-state index in [4.69, 9.17) is 4.74 Å². The molecular formula is C14H16BrN3O2. The van der Waals surface area contributed by atoms with Crippen molar-refractivity contribution in [2.45, 2.75) is 33.3 Å². The zero-order valence-electron chi connectivity index (χ0n) is 11.8. The van der Waals surface area contributed by atoms with Crippen molar-refractivity contribution in [3.63, 3.8) is 0 Å². The number of aryl methyl sites for hydroxylation is 1. The summed E-state index contributed by atoms with van der Waals surface area (Å²) in [7, 11) is 0. The van der Waals surface area contributed by atoms with Crippen LogP contribution in [0.3, 0.4) is 0 Å². The molecule has 106 valence electrons. The molecule has 0 saturated heterocycles. The quantitative estimate of drug-likeness (QED) is 0.794. The lowest BCUT2D eigenvalue weighted by atomic mass is 10.2. The Morgan fingerprint density at radius 3 is 2.35 bits per heavy atom. The maximum Gasteiger partial charge on any atom is 0.421 e. The van der Waals surface area contributed by atoms with E-state index in [9.17, 15) is 4.79 Å². The SMILES string of the molecule is Cc1nnc(-c2ccc(Br)cc2)n1C(=O)OC(C)(C)C. The first-order valence-electron chi connectivity index (χ1n) is 6.19. The Bertz CT molecular complexity index is 627. The van der Waals surface area contributed by atoms with E-state index in [1.165, 1.54) is 4.57 Å². The molecule has 0 radical (unpaired) electrons. The van der Waals surface area contributed by atoms with Crippen LogP contribution in [0.15, 0.2) is 28.7 Å². The van der Waals surface area contributed by atoms with Gasteiger partial charge in [-0.1, -0.05) is 28.1 Å². The molecule has 0 amide bonds. The average Bonchev–Trinajstić information content (AvgIpc) is 2.70. The van der Waals surface area contributed by atoms with Gasteiger partial charge in [-0.05, 0) is 39.8 Å². The van der Waals surface area contributed by atoms with Crippen LogP contribution in [0, 0.1) is 6.92 Å². The van der Waals surface area contributed by atoms with Gasteiger partial charge in [-0.15, -0.1) is 10.2 Å². The van der Waals surface area contributed by atoms with Crippen molar-refractivity contribution in [1.29, 1.82) is 0 Å². The molecule has 2 aromatic rings. The highest BCUT2D eigenvalue weighted by Gasteiger charge is 2.23. The fourth-order valence-electron chi connectivity index (χ4n) is 1.67. The standard InChI is InChI=1S/C14H16BrN3O2/c1-9-16-17-12(10-5-7-11(15)8-6-10)18(9)13(19)20-14(2,3)4/h5-8H,1-4H3. The lowest BCUT2D eigenvalue weighted by Gasteiger charge is -2.20. The Morgan fingerprint density at radius 2 is 1.80 bits per heavy atom. The first kappa shape index (κ1) is 14.7. The Morgan fingerprint density at radius 1 is 1.20 bits per heavy atom. The molecule has 20 heavy (non-hydrogen) atoms. The predicted octanol–water partition coefficient (Wildman–Crippen LogP) is 3.80. The topological polar surface area (TPSA) is 57.0 Å². The lowest BCUT2D eigenvalue weighted by Crippen LogP contribution is -2.28. The van der Waals surface area contributed by atoms with E-state index in [2.05, 4.69) is 26.1 Å². The summed E-state index contributed by atoms with van der Waals surface area (Å²) in [4.78, 5) is 12.3. The molecule has 0 fully saturated rings. The van der Waals surface area contributed by atoms with Gasteiger partial charge in [0.05, 0.1) is 0 Å². The van der Waals surface area contributed by atoms with Crippen molar-refractivity contribution in [3.05, 3.63) is 34.6 Å². The van der Waals surface area contributed by atoms with E-state index in [1.54, 1.807) is 6.92 Å². The Hall–Kier alpha value is -1.69. The summed E-state index contributed by atoms with van der Waals surface area (Å²) in [6, 6.07) is 7.51. The number of benzene rings is 1. The molecule has 0 aliphatic rings. The molecule has 6 heteroatoms. The Kier molecular flexibility index (Phi) is 3.94. The van der Waals surface area contributed by atoms with E-state index < -0.39 is 11.7 Å². The summed E-state index contributed by atoms with van der Waals surface area (Å²) in [5.74, 6) is 0.974. The van der Waals surface area contributed by atoms with Crippen LogP contribution in [0.2, 0.25) is 0 Å². The monoisotopic (exact) mass is 337 g/mol. The number of nitrogens with zero attached hydrogens (tertiary/aromatic N) is 3. The second-order valence-electron chi connectivity index (χ2n) is 5.39. The summed E-state index contributed by atoms with van der Waals surface area (Å²) in [6.45, 7) is 7.19. The predicted molar refractivity (Wildman–Crippen MR) is 79.5 cm³/mol. The van der Waals surface area contributed by atoms with Crippen LogP contribution in [0.1, 0.15) is 26.6 Å². The van der Waals surface area contributed by atoms with Gasteiger partial charge >= 0.3 is 6.09 Å². The fourth-order valence-corrected chi connectivity index (χ4v) is 1.94. The van der Waals surface area contributed by atoms with Gasteiger partial charge in [-0.2, -0.15) is 0 Å². The molecule has 0 aliphatic heterocycles. The third-order valence-electron chi connectivity index (χ3n) is 2.50. The van der Waals surface area contributed by atoms with Crippen molar-refractivity contribution in [2.24, 2.45) is 0 Å². The number of ether oxygens (including phenoxy) is 1. The zero-order valence-corrected chi connectivity index (χ0v) is 13.4. The van der Waals surface area contributed by atoms with Crippen LogP contribution in [-0.4, -0.2) is 26.5 Å². The molecule has 1 aromatic carbocycles. The van der Waals surface area contributed by atoms with Gasteiger partial charge in [-0.25, -0.2) is 9.36 Å². The number of halogens is 1. The third kappa shape index (κ3) is 3.25. The minimum absolute atomic E-state index is 0.474. The molecule has 0 atom stereocenters. The van der Waals surface area contributed by atoms with Gasteiger partial charge in [0, 0.05) is 10.0 Å². The van der Waals surface area contributed by atoms with Gasteiger partial charge in [0.2, 0.25) is 0 Å². The molecule has 0 aliphatic carbocycles. The van der Waals surface area contributed by atoms with Crippen LogP contribution >= 0.6 is 15.9 Å². The van der Waals surface area contributed by atoms with Crippen molar-refractivity contribution < 1.29 is 9.53 Å². The van der Waals surface area contributed by atoms with Gasteiger partial charge < -0.3 is 4.74 Å². The minimum Gasteiger partial charge on any atom is -0.443 e. The molecule has 0 spiro atoms. The molecule has 0 unspecified atom stereocenters. The van der Waals surface area contributed by atoms with E-state index in [0.717, 1.165) is 10.0 Å². The van der Waals surface area contributed by atoms with Crippen molar-refractivity contribution >= 4 is 22.0 Å². The first-order chi connectivity index (χ1) is 9.28. The molecule has 0 saturated carbocycles.